The van der Waals surface area contributed by atoms with E-state index in [4.69, 9.17) is 14.2 Å². The van der Waals surface area contributed by atoms with E-state index >= 15 is 4.79 Å². The molecule has 4 saturated carbocycles. The first kappa shape index (κ1) is 51.4. The van der Waals surface area contributed by atoms with Gasteiger partial charge in [-0.3, -0.25) is 9.79 Å². The van der Waals surface area contributed by atoms with Crippen LogP contribution in [0, 0.1) is 29.1 Å². The van der Waals surface area contributed by atoms with Crippen molar-refractivity contribution in [2.45, 2.75) is 159 Å². The van der Waals surface area contributed by atoms with Gasteiger partial charge in [0.25, 0.3) is 0 Å². The Morgan fingerprint density at radius 3 is 2.54 bits per heavy atom. The molecule has 0 amide bonds. The van der Waals surface area contributed by atoms with Crippen LogP contribution in [-0.4, -0.2) is 90.7 Å². The van der Waals surface area contributed by atoms with Gasteiger partial charge in [0.1, 0.15) is 11.9 Å². The number of phenolic OH excluding ortho intramolecular Hbond substituents is 2. The average molecular weight is 963 g/mol. The summed E-state index contributed by atoms with van der Waals surface area (Å²) < 4.78 is 18.8. The van der Waals surface area contributed by atoms with E-state index in [2.05, 4.69) is 46.1 Å². The van der Waals surface area contributed by atoms with Gasteiger partial charge in [0.2, 0.25) is 0 Å². The fourth-order valence-corrected chi connectivity index (χ4v) is 14.8. The monoisotopic (exact) mass is 963 g/mol. The second-order valence-electron chi connectivity index (χ2n) is 20.3. The summed E-state index contributed by atoms with van der Waals surface area (Å²) in [6, 6.07) is 9.62. The molecule has 6 N–H and O–H groups in total. The maximum Gasteiger partial charge on any atom is 0.196 e. The largest absolute Gasteiger partial charge is 0.504 e. The smallest absolute Gasteiger partial charge is 0.196 e. The van der Waals surface area contributed by atoms with E-state index in [1.807, 2.05) is 25.3 Å². The minimum absolute atomic E-state index is 0.0169. The van der Waals surface area contributed by atoms with Gasteiger partial charge in [0.15, 0.2) is 41.0 Å². The number of ether oxygens (including phenoxy) is 3. The zero-order chi connectivity index (χ0) is 47.4. The highest BCUT2D eigenvalue weighted by atomic mass is 33.1. The summed E-state index contributed by atoms with van der Waals surface area (Å²) in [5.41, 5.74) is 0.872. The Morgan fingerprint density at radius 1 is 1.00 bits per heavy atom. The van der Waals surface area contributed by atoms with Crippen LogP contribution in [0.15, 0.2) is 47.5 Å². The number of hydrogen-bond acceptors (Lipinski definition) is 12. The highest BCUT2D eigenvalue weighted by Gasteiger charge is 2.49. The molecule has 0 radical (unpaired) electrons. The first-order valence-corrected chi connectivity index (χ1v) is 27.8. The van der Waals surface area contributed by atoms with Gasteiger partial charge < -0.3 is 50.3 Å². The van der Waals surface area contributed by atoms with Crippen LogP contribution >= 0.6 is 21.6 Å². The van der Waals surface area contributed by atoms with E-state index in [1.54, 1.807) is 41.8 Å². The molecule has 2 bridgehead atoms. The Bertz CT molecular complexity index is 2020. The van der Waals surface area contributed by atoms with E-state index < -0.39 is 22.7 Å². The third-order valence-electron chi connectivity index (χ3n) is 16.2. The van der Waals surface area contributed by atoms with E-state index in [0.29, 0.717) is 61.3 Å². The van der Waals surface area contributed by atoms with Crippen LogP contribution in [0.2, 0.25) is 0 Å². The lowest BCUT2D eigenvalue weighted by Crippen LogP contribution is -2.43. The van der Waals surface area contributed by atoms with Gasteiger partial charge in [-0.1, -0.05) is 79.2 Å². The highest BCUT2D eigenvalue weighted by Crippen LogP contribution is 2.55. The van der Waals surface area contributed by atoms with Crippen LogP contribution in [0.3, 0.4) is 0 Å². The van der Waals surface area contributed by atoms with Crippen LogP contribution in [0.4, 0.5) is 5.69 Å². The third kappa shape index (κ3) is 12.3. The molecule has 0 aromatic heterocycles. The lowest BCUT2D eigenvalue weighted by Gasteiger charge is -2.39. The van der Waals surface area contributed by atoms with E-state index in [1.165, 1.54) is 0 Å². The first-order chi connectivity index (χ1) is 32.5. The molecule has 0 saturated heterocycles. The van der Waals surface area contributed by atoms with Crippen LogP contribution in [0.5, 0.6) is 23.0 Å². The lowest BCUT2D eigenvalue weighted by molar-refractivity contribution is -0.143. The molecule has 1 aliphatic heterocycles. The molecule has 12 nitrogen and oxygen atoms in total. The first-order valence-electron chi connectivity index (χ1n) is 25.3. The van der Waals surface area contributed by atoms with E-state index in [0.717, 1.165) is 126 Å². The highest BCUT2D eigenvalue weighted by molar-refractivity contribution is 8.76. The van der Waals surface area contributed by atoms with Crippen molar-refractivity contribution in [3.05, 3.63) is 53.6 Å². The van der Waals surface area contributed by atoms with Crippen molar-refractivity contribution in [1.29, 1.82) is 0 Å². The van der Waals surface area contributed by atoms with Crippen molar-refractivity contribution in [2.24, 2.45) is 34.1 Å². The molecule has 2 aromatic carbocycles. The van der Waals surface area contributed by atoms with Crippen LogP contribution < -0.4 is 25.4 Å². The molecule has 1 heterocycles. The van der Waals surface area contributed by atoms with Crippen molar-refractivity contribution in [3.8, 4) is 23.0 Å². The standard InChI is InChI=1S/C53H78N4O8S2/c1-5-36(21-26-58)14-16-39-17-19-47(60)53(32-37-15-18-44(59)45(27-37)63-4)24-10-11-40(53)33-66-67-35-56-50(55-3)57-43-29-41(52(39)22-8-9-23-52)30-46(49(43)62)65-51(34-54-2)25-20-38(31-51)28-48(61)64-42-12-6-7-13-42/h15,17-19,26-27,29-30,36,38-40,42,48,54,59,61-62H,5-14,16,20-25,28,31-35H2,1-4H3,(H2,55,56,57)/b19-17+/t36-,38-,39-,40+,48-,51+,53-/m1/s1. The van der Waals surface area contributed by atoms with E-state index in [9.17, 15) is 20.1 Å². The minimum Gasteiger partial charge on any atom is -0.504 e. The van der Waals surface area contributed by atoms with Gasteiger partial charge in [-0.25, -0.2) is 0 Å². The van der Waals surface area contributed by atoms with E-state index in [-0.39, 0.29) is 47.1 Å². The van der Waals surface area contributed by atoms with Crippen molar-refractivity contribution < 1.29 is 39.1 Å². The number of ketones is 1. The number of fused-ring (bicyclic) bond motifs is 4. The summed E-state index contributed by atoms with van der Waals surface area (Å²) >= 11 is 0. The number of nitrogens with zero attached hydrogens (tertiary/aromatic N) is 1. The quantitative estimate of drug-likeness (QED) is 0.0384. The summed E-state index contributed by atoms with van der Waals surface area (Å²) in [7, 11) is 8.67. The van der Waals surface area contributed by atoms with Crippen LogP contribution in [0.1, 0.15) is 140 Å². The maximum absolute atomic E-state index is 15.3. The molecule has 4 fully saturated rings. The second-order valence-corrected chi connectivity index (χ2v) is 22.8. The van der Waals surface area contributed by atoms with Crippen LogP contribution in [-0.2, 0) is 26.2 Å². The number of allylic oxidation sites excluding steroid dienone is 2. The normalized spacial score (nSPS) is 28.9. The SMILES string of the molecule is CC[C@@H](CC=O)CC[C@@H]1/C=C/C(=O)[C@@]2(Cc3ccc(O)c(OC)c3)CCC[C@H]2CSSCNC(=NC)Nc2cc(cc(O[C@@]3(CNC)CC[C@H](C[C@H](O)OC4CCCC4)C3)c2O)C12CCCC2. The third-order valence-corrected chi connectivity index (χ3v) is 18.5. The van der Waals surface area contributed by atoms with Crippen molar-refractivity contribution in [1.82, 2.24) is 10.6 Å². The molecule has 1 spiro atoms. The Hall–Kier alpha value is -3.43. The zero-order valence-electron chi connectivity index (χ0n) is 40.5. The molecule has 14 heteroatoms. The van der Waals surface area contributed by atoms with Gasteiger partial charge in [-0.2, -0.15) is 0 Å². The molecule has 2 aromatic rings. The van der Waals surface area contributed by atoms with Crippen molar-refractivity contribution >= 4 is 45.3 Å². The summed E-state index contributed by atoms with van der Waals surface area (Å²) in [5.74, 6) is 3.46. The molecular formula is C53H78N4O8S2. The molecule has 370 valence electrons. The number of guanidine groups is 1. The fourth-order valence-electron chi connectivity index (χ4n) is 12.5. The molecule has 7 rings (SSSR count). The summed E-state index contributed by atoms with van der Waals surface area (Å²) in [4.78, 5) is 31.8. The number of phenols is 2. The van der Waals surface area contributed by atoms with Gasteiger partial charge in [-0.15, -0.1) is 0 Å². The predicted molar refractivity (Wildman–Crippen MR) is 271 cm³/mol. The number of carbonyl (C=O) groups is 2. The van der Waals surface area contributed by atoms with Gasteiger partial charge in [0, 0.05) is 43.0 Å². The predicted octanol–water partition coefficient (Wildman–Crippen LogP) is 10.2. The number of carbonyl (C=O) groups excluding carboxylic acids is 2. The number of rotatable bonds is 17. The Balaban J connectivity index is 1.30. The number of anilines is 1. The summed E-state index contributed by atoms with van der Waals surface area (Å²) in [5, 5.41) is 44.2. The summed E-state index contributed by atoms with van der Waals surface area (Å²) in [6.45, 7) is 2.72. The second kappa shape index (κ2) is 23.9. The fraction of sp³-hybridized carbons (Fsp3) is 0.679. The number of benzene rings is 2. The number of aliphatic hydroxyl groups excluding tert-OH is 1. The molecular weight excluding hydrogens is 885 g/mol. The molecule has 4 aliphatic carbocycles. The number of aliphatic hydroxyl groups is 1. The van der Waals surface area contributed by atoms with Crippen molar-refractivity contribution in [3.63, 3.8) is 0 Å². The Kier molecular flexibility index (Phi) is 18.4. The number of aliphatic imine (C=N–C) groups is 1. The van der Waals surface area contributed by atoms with Crippen molar-refractivity contribution in [2.75, 3.05) is 44.7 Å². The molecule has 67 heavy (non-hydrogen) atoms. The molecule has 0 unspecified atom stereocenters. The lowest BCUT2D eigenvalue weighted by atomic mass is 9.65. The zero-order valence-corrected chi connectivity index (χ0v) is 42.1. The topological polar surface area (TPSA) is 171 Å². The Labute approximate surface area is 407 Å². The van der Waals surface area contributed by atoms with Gasteiger partial charge in [0.05, 0.1) is 24.8 Å². The Morgan fingerprint density at radius 2 is 1.81 bits per heavy atom. The number of methoxy groups -OCH3 is 1. The number of likely N-dealkylation sites (N-methyl/N-ethyl adjacent to an activating group) is 1. The van der Waals surface area contributed by atoms with Gasteiger partial charge in [-0.05, 0) is 149 Å². The number of aldehydes is 1. The molecule has 7 atom stereocenters. The number of nitrogens with one attached hydrogen (secondary N) is 3. The number of aromatic hydroxyl groups is 2. The number of hydrogen-bond donors (Lipinski definition) is 6. The average Bonchev–Trinajstić information content (AvgIpc) is 4.17. The minimum atomic E-state index is -0.810. The summed E-state index contributed by atoms with van der Waals surface area (Å²) in [6.07, 6.45) is 21.8. The molecule has 5 aliphatic rings. The maximum atomic E-state index is 15.3. The van der Waals surface area contributed by atoms with Gasteiger partial charge >= 0.3 is 0 Å². The van der Waals surface area contributed by atoms with Crippen LogP contribution in [0.25, 0.3) is 0 Å².